The van der Waals surface area contributed by atoms with Crippen LogP contribution < -0.4 is 16.4 Å². The summed E-state index contributed by atoms with van der Waals surface area (Å²) < 4.78 is 0. The van der Waals surface area contributed by atoms with Crippen LogP contribution in [0.4, 0.5) is 11.4 Å². The summed E-state index contributed by atoms with van der Waals surface area (Å²) >= 11 is 0. The van der Waals surface area contributed by atoms with Crippen molar-refractivity contribution in [3.05, 3.63) is 33.9 Å². The Morgan fingerprint density at radius 2 is 2.22 bits per heavy atom. The lowest BCUT2D eigenvalue weighted by Crippen LogP contribution is -2.19. The normalized spacial score (nSPS) is 21.2. The van der Waals surface area contributed by atoms with Gasteiger partial charge in [0.2, 0.25) is 0 Å². The van der Waals surface area contributed by atoms with Gasteiger partial charge in [-0.2, -0.15) is 0 Å². The standard InChI is InChI=1S/C11H14N4O3/c1-13-11(16)6-2-3-10(15(17)18)9(4-6)14-8-5-7(8)12/h2-4,7-8,14H,5,12H2,1H3,(H,13,16). The van der Waals surface area contributed by atoms with Crippen LogP contribution in [0, 0.1) is 10.1 Å². The quantitative estimate of drug-likeness (QED) is 0.531. The van der Waals surface area contributed by atoms with Gasteiger partial charge in [-0.1, -0.05) is 0 Å². The SMILES string of the molecule is CNC(=O)c1ccc([N+](=O)[O-])c(NC2CC2N)c1. The molecule has 2 unspecified atom stereocenters. The molecule has 1 amide bonds. The van der Waals surface area contributed by atoms with Crippen LogP contribution in [0.15, 0.2) is 18.2 Å². The molecule has 0 aliphatic heterocycles. The average molecular weight is 250 g/mol. The van der Waals surface area contributed by atoms with Crippen LogP contribution in [0.25, 0.3) is 0 Å². The molecule has 1 aliphatic carbocycles. The molecule has 2 rings (SSSR count). The number of nitro benzene ring substituents is 1. The Hall–Kier alpha value is -2.15. The minimum absolute atomic E-state index is 0.0215. The maximum absolute atomic E-state index is 11.5. The first-order valence-electron chi connectivity index (χ1n) is 5.55. The van der Waals surface area contributed by atoms with Gasteiger partial charge in [-0.15, -0.1) is 0 Å². The number of hydrogen-bond acceptors (Lipinski definition) is 5. The minimum atomic E-state index is -0.482. The molecule has 0 saturated heterocycles. The van der Waals surface area contributed by atoms with Gasteiger partial charge in [-0.25, -0.2) is 0 Å². The third-order valence-electron chi connectivity index (χ3n) is 2.86. The lowest BCUT2D eigenvalue weighted by Gasteiger charge is -2.08. The maximum atomic E-state index is 11.5. The topological polar surface area (TPSA) is 110 Å². The van der Waals surface area contributed by atoms with E-state index in [4.69, 9.17) is 5.73 Å². The lowest BCUT2D eigenvalue weighted by atomic mass is 10.1. The summed E-state index contributed by atoms with van der Waals surface area (Å²) in [4.78, 5) is 21.9. The molecule has 0 heterocycles. The molecule has 2 atom stereocenters. The molecule has 1 aliphatic rings. The molecule has 0 aromatic heterocycles. The predicted octanol–water partition coefficient (Wildman–Crippen LogP) is 0.466. The Morgan fingerprint density at radius 3 is 2.72 bits per heavy atom. The second-order valence-electron chi connectivity index (χ2n) is 4.22. The molecule has 0 spiro atoms. The fourth-order valence-corrected chi connectivity index (χ4v) is 1.68. The number of carbonyl (C=O) groups excluding carboxylic acids is 1. The minimum Gasteiger partial charge on any atom is -0.375 e. The predicted molar refractivity (Wildman–Crippen MR) is 66.5 cm³/mol. The zero-order chi connectivity index (χ0) is 13.3. The van der Waals surface area contributed by atoms with Crippen LogP contribution in [0.5, 0.6) is 0 Å². The molecule has 96 valence electrons. The lowest BCUT2D eigenvalue weighted by molar-refractivity contribution is -0.384. The first-order chi connectivity index (χ1) is 8.52. The Labute approximate surface area is 104 Å². The largest absolute Gasteiger partial charge is 0.375 e. The third-order valence-corrected chi connectivity index (χ3v) is 2.86. The number of amides is 1. The van der Waals surface area contributed by atoms with Gasteiger partial charge in [-0.05, 0) is 18.6 Å². The first-order valence-corrected chi connectivity index (χ1v) is 5.55. The fraction of sp³-hybridized carbons (Fsp3) is 0.364. The number of hydrogen-bond donors (Lipinski definition) is 3. The highest BCUT2D eigenvalue weighted by molar-refractivity contribution is 5.95. The number of nitro groups is 1. The van der Waals surface area contributed by atoms with Gasteiger partial charge in [0.15, 0.2) is 0 Å². The molecule has 7 nitrogen and oxygen atoms in total. The fourth-order valence-electron chi connectivity index (χ4n) is 1.68. The van der Waals surface area contributed by atoms with E-state index in [2.05, 4.69) is 10.6 Å². The highest BCUT2D eigenvalue weighted by atomic mass is 16.6. The van der Waals surface area contributed by atoms with E-state index in [1.54, 1.807) is 0 Å². The second-order valence-corrected chi connectivity index (χ2v) is 4.22. The van der Waals surface area contributed by atoms with Gasteiger partial charge in [-0.3, -0.25) is 14.9 Å². The molecule has 1 fully saturated rings. The van der Waals surface area contributed by atoms with E-state index < -0.39 is 4.92 Å². The van der Waals surface area contributed by atoms with Crippen molar-refractivity contribution in [2.75, 3.05) is 12.4 Å². The zero-order valence-electron chi connectivity index (χ0n) is 9.84. The summed E-state index contributed by atoms with van der Waals surface area (Å²) in [5.41, 5.74) is 6.31. The van der Waals surface area contributed by atoms with Crippen LogP contribution in [0.1, 0.15) is 16.8 Å². The van der Waals surface area contributed by atoms with E-state index in [1.807, 2.05) is 0 Å². The van der Waals surface area contributed by atoms with Crippen LogP contribution >= 0.6 is 0 Å². The van der Waals surface area contributed by atoms with Crippen molar-refractivity contribution in [3.8, 4) is 0 Å². The zero-order valence-corrected chi connectivity index (χ0v) is 9.84. The molecule has 7 heteroatoms. The Bertz CT molecular complexity index is 503. The van der Waals surface area contributed by atoms with E-state index in [1.165, 1.54) is 25.2 Å². The molecular formula is C11H14N4O3. The highest BCUT2D eigenvalue weighted by Gasteiger charge is 2.34. The van der Waals surface area contributed by atoms with Gasteiger partial charge >= 0.3 is 0 Å². The van der Waals surface area contributed by atoms with Crippen LogP contribution in [0.2, 0.25) is 0 Å². The van der Waals surface area contributed by atoms with Gasteiger partial charge in [0.25, 0.3) is 11.6 Å². The summed E-state index contributed by atoms with van der Waals surface area (Å²) in [6, 6.07) is 4.29. The van der Waals surface area contributed by atoms with E-state index in [0.29, 0.717) is 11.3 Å². The number of nitrogens with one attached hydrogen (secondary N) is 2. The van der Waals surface area contributed by atoms with Gasteiger partial charge < -0.3 is 16.4 Å². The van der Waals surface area contributed by atoms with Crippen molar-refractivity contribution in [2.45, 2.75) is 18.5 Å². The van der Waals surface area contributed by atoms with Gasteiger partial charge in [0.1, 0.15) is 5.69 Å². The number of carbonyl (C=O) groups is 1. The van der Waals surface area contributed by atoms with Crippen LogP contribution in [-0.2, 0) is 0 Å². The van der Waals surface area contributed by atoms with Crippen molar-refractivity contribution < 1.29 is 9.72 Å². The van der Waals surface area contributed by atoms with Crippen LogP contribution in [-0.4, -0.2) is 30.0 Å². The Kier molecular flexibility index (Phi) is 3.15. The van der Waals surface area contributed by atoms with Crippen molar-refractivity contribution in [1.29, 1.82) is 0 Å². The summed E-state index contributed by atoms with van der Waals surface area (Å²) in [5, 5.41) is 16.4. The Morgan fingerprint density at radius 1 is 1.56 bits per heavy atom. The van der Waals surface area contributed by atoms with E-state index in [9.17, 15) is 14.9 Å². The summed E-state index contributed by atoms with van der Waals surface area (Å²) in [6.07, 6.45) is 0.779. The number of nitrogens with two attached hydrogens (primary N) is 1. The van der Waals surface area contributed by atoms with Crippen molar-refractivity contribution in [3.63, 3.8) is 0 Å². The molecular weight excluding hydrogens is 236 g/mol. The van der Waals surface area contributed by atoms with Gasteiger partial charge in [0, 0.05) is 30.8 Å². The van der Waals surface area contributed by atoms with Crippen molar-refractivity contribution >= 4 is 17.3 Å². The summed E-state index contributed by atoms with van der Waals surface area (Å²) in [5.74, 6) is -0.284. The summed E-state index contributed by atoms with van der Waals surface area (Å²) in [6.45, 7) is 0. The monoisotopic (exact) mass is 250 g/mol. The molecule has 1 saturated carbocycles. The van der Waals surface area contributed by atoms with Crippen molar-refractivity contribution in [1.82, 2.24) is 5.32 Å². The molecule has 0 bridgehead atoms. The molecule has 18 heavy (non-hydrogen) atoms. The van der Waals surface area contributed by atoms with Gasteiger partial charge in [0.05, 0.1) is 4.92 Å². The number of benzene rings is 1. The van der Waals surface area contributed by atoms with E-state index in [0.717, 1.165) is 6.42 Å². The average Bonchev–Trinajstić information content (AvgIpc) is 3.03. The molecule has 0 radical (unpaired) electrons. The number of rotatable bonds is 4. The number of nitrogens with zero attached hydrogens (tertiary/aromatic N) is 1. The number of anilines is 1. The third kappa shape index (κ3) is 2.40. The van der Waals surface area contributed by atoms with E-state index in [-0.39, 0.29) is 23.7 Å². The molecule has 4 N–H and O–H groups in total. The maximum Gasteiger partial charge on any atom is 0.292 e. The van der Waals surface area contributed by atoms with E-state index >= 15 is 0 Å². The highest BCUT2D eigenvalue weighted by Crippen LogP contribution is 2.31. The van der Waals surface area contributed by atoms with Crippen molar-refractivity contribution in [2.24, 2.45) is 5.73 Å². The first kappa shape index (κ1) is 12.3. The smallest absolute Gasteiger partial charge is 0.292 e. The Balaban J connectivity index is 2.31. The molecule has 1 aromatic carbocycles. The second kappa shape index (κ2) is 4.61. The van der Waals surface area contributed by atoms with Crippen LogP contribution in [0.3, 0.4) is 0 Å². The summed E-state index contributed by atoms with van der Waals surface area (Å²) in [7, 11) is 1.51. The molecule has 1 aromatic rings.